The second-order valence-corrected chi connectivity index (χ2v) is 5.34. The zero-order valence-electron chi connectivity index (χ0n) is 12.8. The maximum Gasteiger partial charge on any atom is 0.317 e. The van der Waals surface area contributed by atoms with E-state index in [9.17, 15) is 9.59 Å². The van der Waals surface area contributed by atoms with Crippen molar-refractivity contribution in [3.8, 4) is 0 Å². The number of likely N-dealkylation sites (tertiary alicyclic amines) is 1. The number of hydrogen-bond acceptors (Lipinski definition) is 3. The van der Waals surface area contributed by atoms with Gasteiger partial charge in [0.2, 0.25) is 5.91 Å². The van der Waals surface area contributed by atoms with Crippen molar-refractivity contribution in [2.24, 2.45) is 5.92 Å². The van der Waals surface area contributed by atoms with Gasteiger partial charge in [-0.3, -0.25) is 9.89 Å². The average Bonchev–Trinajstić information content (AvgIpc) is 2.87. The fourth-order valence-corrected chi connectivity index (χ4v) is 2.62. The molecule has 0 unspecified atom stereocenters. The SMILES string of the molecule is CCc1[nH]nc(NC(=O)C2CCN(C(=O)NC)CC2)c1C. The Kier molecular flexibility index (Phi) is 4.82. The Balaban J connectivity index is 1.90. The predicted molar refractivity (Wildman–Crippen MR) is 80.1 cm³/mol. The lowest BCUT2D eigenvalue weighted by atomic mass is 9.96. The summed E-state index contributed by atoms with van der Waals surface area (Å²) in [6.45, 7) is 5.21. The van der Waals surface area contributed by atoms with E-state index in [2.05, 4.69) is 20.8 Å². The summed E-state index contributed by atoms with van der Waals surface area (Å²) in [7, 11) is 1.62. The third-order valence-electron chi connectivity index (χ3n) is 4.07. The molecule has 0 atom stereocenters. The third kappa shape index (κ3) is 3.34. The molecule has 21 heavy (non-hydrogen) atoms. The molecule has 1 aromatic heterocycles. The first-order chi connectivity index (χ1) is 10.1. The first kappa shape index (κ1) is 15.3. The number of carbonyl (C=O) groups excluding carboxylic acids is 2. The lowest BCUT2D eigenvalue weighted by Crippen LogP contribution is -2.45. The fourth-order valence-electron chi connectivity index (χ4n) is 2.62. The highest BCUT2D eigenvalue weighted by molar-refractivity contribution is 5.92. The monoisotopic (exact) mass is 293 g/mol. The van der Waals surface area contributed by atoms with Crippen LogP contribution in [0.5, 0.6) is 0 Å². The standard InChI is InChI=1S/C14H23N5O2/c1-4-11-9(2)12(18-17-11)16-13(20)10-5-7-19(8-6-10)14(21)15-3/h10H,4-8H2,1-3H3,(H,15,21)(H2,16,17,18,20). The van der Waals surface area contributed by atoms with Gasteiger partial charge in [0.25, 0.3) is 0 Å². The lowest BCUT2D eigenvalue weighted by molar-refractivity contribution is -0.121. The molecule has 7 nitrogen and oxygen atoms in total. The average molecular weight is 293 g/mol. The number of carbonyl (C=O) groups is 2. The van der Waals surface area contributed by atoms with Gasteiger partial charge in [-0.15, -0.1) is 0 Å². The number of aromatic nitrogens is 2. The molecule has 1 fully saturated rings. The van der Waals surface area contributed by atoms with E-state index in [4.69, 9.17) is 0 Å². The molecule has 0 spiro atoms. The van der Waals surface area contributed by atoms with E-state index >= 15 is 0 Å². The minimum atomic E-state index is -0.0791. The molecule has 1 aromatic rings. The van der Waals surface area contributed by atoms with Gasteiger partial charge in [-0.25, -0.2) is 4.79 Å². The van der Waals surface area contributed by atoms with Crippen molar-refractivity contribution in [1.29, 1.82) is 0 Å². The number of hydrogen-bond donors (Lipinski definition) is 3. The highest BCUT2D eigenvalue weighted by Gasteiger charge is 2.27. The van der Waals surface area contributed by atoms with Crippen LogP contribution in [0.25, 0.3) is 0 Å². The summed E-state index contributed by atoms with van der Waals surface area (Å²) in [5, 5.41) is 12.6. The van der Waals surface area contributed by atoms with Crippen LogP contribution >= 0.6 is 0 Å². The van der Waals surface area contributed by atoms with Gasteiger partial charge < -0.3 is 15.5 Å². The highest BCUT2D eigenvalue weighted by atomic mass is 16.2. The molecule has 1 aliphatic rings. The van der Waals surface area contributed by atoms with Gasteiger partial charge in [-0.05, 0) is 26.2 Å². The van der Waals surface area contributed by atoms with Crippen LogP contribution in [0, 0.1) is 12.8 Å². The zero-order valence-corrected chi connectivity index (χ0v) is 12.8. The Morgan fingerprint density at radius 1 is 1.38 bits per heavy atom. The van der Waals surface area contributed by atoms with Gasteiger partial charge in [-0.1, -0.05) is 6.92 Å². The number of anilines is 1. The molecule has 0 aromatic carbocycles. The number of amides is 3. The minimum Gasteiger partial charge on any atom is -0.341 e. The van der Waals surface area contributed by atoms with Crippen LogP contribution in [-0.2, 0) is 11.2 Å². The summed E-state index contributed by atoms with van der Waals surface area (Å²) in [6.07, 6.45) is 2.23. The zero-order chi connectivity index (χ0) is 15.4. The summed E-state index contributed by atoms with van der Waals surface area (Å²) < 4.78 is 0. The number of aromatic amines is 1. The molecule has 3 amide bonds. The van der Waals surface area contributed by atoms with Crippen molar-refractivity contribution in [1.82, 2.24) is 20.4 Å². The molecule has 1 aliphatic heterocycles. The van der Waals surface area contributed by atoms with E-state index in [0.29, 0.717) is 31.7 Å². The highest BCUT2D eigenvalue weighted by Crippen LogP contribution is 2.21. The normalized spacial score (nSPS) is 15.9. The maximum atomic E-state index is 12.3. The lowest BCUT2D eigenvalue weighted by Gasteiger charge is -2.30. The molecule has 0 aliphatic carbocycles. The number of nitrogens with zero attached hydrogens (tertiary/aromatic N) is 2. The van der Waals surface area contributed by atoms with E-state index < -0.39 is 0 Å². The van der Waals surface area contributed by atoms with Crippen molar-refractivity contribution >= 4 is 17.8 Å². The Hall–Kier alpha value is -2.05. The maximum absolute atomic E-state index is 12.3. The van der Waals surface area contributed by atoms with Crippen molar-refractivity contribution in [2.45, 2.75) is 33.1 Å². The van der Waals surface area contributed by atoms with Crippen LogP contribution in [-0.4, -0.2) is 47.2 Å². The molecular weight excluding hydrogens is 270 g/mol. The smallest absolute Gasteiger partial charge is 0.317 e. The van der Waals surface area contributed by atoms with E-state index in [-0.39, 0.29) is 17.9 Å². The molecule has 2 rings (SSSR count). The topological polar surface area (TPSA) is 90.1 Å². The van der Waals surface area contributed by atoms with Crippen LogP contribution < -0.4 is 10.6 Å². The van der Waals surface area contributed by atoms with Crippen molar-refractivity contribution in [3.05, 3.63) is 11.3 Å². The minimum absolute atomic E-state index is 0.0104. The second-order valence-electron chi connectivity index (χ2n) is 5.34. The number of aryl methyl sites for hydroxylation is 1. The van der Waals surface area contributed by atoms with E-state index in [1.807, 2.05) is 13.8 Å². The Bertz CT molecular complexity index is 517. The summed E-state index contributed by atoms with van der Waals surface area (Å²) in [4.78, 5) is 25.5. The Morgan fingerprint density at radius 3 is 2.57 bits per heavy atom. The molecule has 116 valence electrons. The van der Waals surface area contributed by atoms with Gasteiger partial charge >= 0.3 is 6.03 Å². The first-order valence-corrected chi connectivity index (χ1v) is 7.38. The van der Waals surface area contributed by atoms with Crippen LogP contribution in [0.2, 0.25) is 0 Å². The molecule has 0 bridgehead atoms. The Labute approximate surface area is 124 Å². The van der Waals surface area contributed by atoms with E-state index in [1.54, 1.807) is 11.9 Å². The molecular formula is C14H23N5O2. The van der Waals surface area contributed by atoms with Gasteiger partial charge in [0, 0.05) is 37.3 Å². The number of H-pyrrole nitrogens is 1. The number of rotatable bonds is 3. The summed E-state index contributed by atoms with van der Waals surface area (Å²) >= 11 is 0. The van der Waals surface area contributed by atoms with Crippen molar-refractivity contribution < 1.29 is 9.59 Å². The van der Waals surface area contributed by atoms with Crippen LogP contribution in [0.15, 0.2) is 0 Å². The molecule has 3 N–H and O–H groups in total. The van der Waals surface area contributed by atoms with Crippen LogP contribution in [0.1, 0.15) is 31.0 Å². The van der Waals surface area contributed by atoms with Gasteiger partial charge in [-0.2, -0.15) is 5.10 Å². The number of urea groups is 1. The molecule has 2 heterocycles. The second kappa shape index (κ2) is 6.60. The van der Waals surface area contributed by atoms with E-state index in [1.165, 1.54) is 0 Å². The molecule has 0 saturated carbocycles. The Morgan fingerprint density at radius 2 is 2.05 bits per heavy atom. The third-order valence-corrected chi connectivity index (χ3v) is 4.07. The van der Waals surface area contributed by atoms with Gasteiger partial charge in [0.15, 0.2) is 5.82 Å². The van der Waals surface area contributed by atoms with Crippen molar-refractivity contribution in [2.75, 3.05) is 25.5 Å². The number of nitrogens with one attached hydrogen (secondary N) is 3. The molecule has 7 heteroatoms. The molecule has 1 saturated heterocycles. The van der Waals surface area contributed by atoms with Crippen LogP contribution in [0.3, 0.4) is 0 Å². The molecule has 0 radical (unpaired) electrons. The fraction of sp³-hybridized carbons (Fsp3) is 0.643. The van der Waals surface area contributed by atoms with Gasteiger partial charge in [0.05, 0.1) is 0 Å². The quantitative estimate of drug-likeness (QED) is 0.784. The largest absolute Gasteiger partial charge is 0.341 e. The van der Waals surface area contributed by atoms with Crippen LogP contribution in [0.4, 0.5) is 10.6 Å². The summed E-state index contributed by atoms with van der Waals surface area (Å²) in [6, 6.07) is -0.0791. The predicted octanol–water partition coefficient (Wildman–Crippen LogP) is 1.27. The van der Waals surface area contributed by atoms with E-state index in [0.717, 1.165) is 17.7 Å². The van der Waals surface area contributed by atoms with Crippen molar-refractivity contribution in [3.63, 3.8) is 0 Å². The summed E-state index contributed by atoms with van der Waals surface area (Å²) in [5.74, 6) is 0.543. The first-order valence-electron chi connectivity index (χ1n) is 7.38. The van der Waals surface area contributed by atoms with Gasteiger partial charge in [0.1, 0.15) is 0 Å². The summed E-state index contributed by atoms with van der Waals surface area (Å²) in [5.41, 5.74) is 2.04. The number of piperidine rings is 1.